The summed E-state index contributed by atoms with van der Waals surface area (Å²) in [7, 11) is 8.80. The number of allylic oxidation sites excluding steroid dienone is 1. The Morgan fingerprint density at radius 3 is 2.65 bits per heavy atom. The SMILES string of the molecule is CN(C)C1C=CC2=C(C1)SC1CC(N(C)C)CCC1N2. The highest BCUT2D eigenvalue weighted by Gasteiger charge is 2.37. The van der Waals surface area contributed by atoms with Crippen LogP contribution in [0, 0.1) is 0 Å². The topological polar surface area (TPSA) is 18.5 Å². The van der Waals surface area contributed by atoms with E-state index in [-0.39, 0.29) is 0 Å². The Hall–Kier alpha value is -0.450. The number of nitrogens with one attached hydrogen (secondary N) is 1. The van der Waals surface area contributed by atoms with Gasteiger partial charge in [0.2, 0.25) is 0 Å². The van der Waals surface area contributed by atoms with Gasteiger partial charge in [0.15, 0.2) is 0 Å². The molecule has 0 aromatic heterocycles. The van der Waals surface area contributed by atoms with Crippen molar-refractivity contribution in [3.8, 4) is 0 Å². The number of rotatable bonds is 2. The smallest absolute Gasteiger partial charge is 0.0437 e. The van der Waals surface area contributed by atoms with E-state index in [1.807, 2.05) is 0 Å². The average molecular weight is 293 g/mol. The highest BCUT2D eigenvalue weighted by atomic mass is 32.2. The summed E-state index contributed by atoms with van der Waals surface area (Å²) in [5, 5.41) is 4.57. The highest BCUT2D eigenvalue weighted by molar-refractivity contribution is 8.03. The second-order valence-corrected chi connectivity index (χ2v) is 8.10. The number of hydrogen-bond donors (Lipinski definition) is 1. The molecule has 0 aromatic rings. The van der Waals surface area contributed by atoms with Crippen LogP contribution in [0.25, 0.3) is 0 Å². The Labute approximate surface area is 127 Å². The molecule has 1 N–H and O–H groups in total. The van der Waals surface area contributed by atoms with Crippen LogP contribution in [0.4, 0.5) is 0 Å². The molecule has 2 aliphatic carbocycles. The van der Waals surface area contributed by atoms with Gasteiger partial charge in [-0.05, 0) is 59.9 Å². The van der Waals surface area contributed by atoms with Crippen LogP contribution in [0.3, 0.4) is 0 Å². The summed E-state index contributed by atoms with van der Waals surface area (Å²) in [4.78, 5) is 6.30. The van der Waals surface area contributed by atoms with Crippen LogP contribution in [0.15, 0.2) is 22.8 Å². The van der Waals surface area contributed by atoms with Crippen LogP contribution in [-0.2, 0) is 0 Å². The largest absolute Gasteiger partial charge is 0.381 e. The van der Waals surface area contributed by atoms with E-state index in [1.54, 1.807) is 4.91 Å². The number of thioether (sulfide) groups is 1. The minimum Gasteiger partial charge on any atom is -0.381 e. The normalized spacial score (nSPS) is 36.9. The fourth-order valence-electron chi connectivity index (χ4n) is 3.52. The van der Waals surface area contributed by atoms with Crippen LogP contribution in [0.1, 0.15) is 25.7 Å². The molecule has 3 aliphatic rings. The van der Waals surface area contributed by atoms with Crippen molar-refractivity contribution in [1.82, 2.24) is 15.1 Å². The fourth-order valence-corrected chi connectivity index (χ4v) is 5.09. The third-order valence-corrected chi connectivity index (χ3v) is 6.47. The summed E-state index contributed by atoms with van der Waals surface area (Å²) in [6.07, 6.45) is 9.79. The van der Waals surface area contributed by atoms with Gasteiger partial charge in [-0.15, -0.1) is 11.8 Å². The first-order chi connectivity index (χ1) is 9.54. The Kier molecular flexibility index (Phi) is 4.16. The van der Waals surface area contributed by atoms with Crippen LogP contribution in [0.2, 0.25) is 0 Å². The lowest BCUT2D eigenvalue weighted by Crippen LogP contribution is -2.49. The molecule has 0 spiro atoms. The fraction of sp³-hybridized carbons (Fsp3) is 0.750. The Bertz CT molecular complexity index is 427. The van der Waals surface area contributed by atoms with E-state index >= 15 is 0 Å². The van der Waals surface area contributed by atoms with Crippen molar-refractivity contribution in [3.05, 3.63) is 22.8 Å². The third-order valence-electron chi connectivity index (χ3n) is 4.97. The molecule has 20 heavy (non-hydrogen) atoms. The molecule has 1 fully saturated rings. The van der Waals surface area contributed by atoms with E-state index in [0.29, 0.717) is 12.1 Å². The number of likely N-dealkylation sites (N-methyl/N-ethyl adjacent to an activating group) is 1. The van der Waals surface area contributed by atoms with Gasteiger partial charge in [0, 0.05) is 34.0 Å². The van der Waals surface area contributed by atoms with Gasteiger partial charge in [-0.25, -0.2) is 0 Å². The van der Waals surface area contributed by atoms with Gasteiger partial charge in [0.25, 0.3) is 0 Å². The summed E-state index contributed by atoms with van der Waals surface area (Å²) in [6, 6.07) is 2.00. The maximum Gasteiger partial charge on any atom is 0.0437 e. The van der Waals surface area contributed by atoms with Crippen LogP contribution >= 0.6 is 11.8 Å². The number of fused-ring (bicyclic) bond motifs is 1. The average Bonchev–Trinajstić information content (AvgIpc) is 2.43. The molecule has 4 unspecified atom stereocenters. The Morgan fingerprint density at radius 1 is 1.15 bits per heavy atom. The van der Waals surface area contributed by atoms with Gasteiger partial charge in [0.1, 0.15) is 0 Å². The third kappa shape index (κ3) is 2.78. The van der Waals surface area contributed by atoms with E-state index in [0.717, 1.165) is 11.3 Å². The van der Waals surface area contributed by atoms with E-state index in [4.69, 9.17) is 0 Å². The molecule has 0 radical (unpaired) electrons. The molecule has 112 valence electrons. The van der Waals surface area contributed by atoms with Crippen molar-refractivity contribution < 1.29 is 0 Å². The molecule has 3 nitrogen and oxygen atoms in total. The summed E-state index contributed by atoms with van der Waals surface area (Å²) < 4.78 is 0. The molecule has 0 amide bonds. The van der Waals surface area contributed by atoms with Gasteiger partial charge in [-0.3, -0.25) is 0 Å². The van der Waals surface area contributed by atoms with Crippen molar-refractivity contribution >= 4 is 11.8 Å². The second-order valence-electron chi connectivity index (χ2n) is 6.77. The zero-order chi connectivity index (χ0) is 14.3. The predicted octanol–water partition coefficient (Wildman–Crippen LogP) is 2.28. The lowest BCUT2D eigenvalue weighted by atomic mass is 9.89. The van der Waals surface area contributed by atoms with Crippen molar-refractivity contribution in [3.63, 3.8) is 0 Å². The lowest BCUT2D eigenvalue weighted by Gasteiger charge is -2.44. The molecule has 0 saturated heterocycles. The van der Waals surface area contributed by atoms with Crippen LogP contribution in [0.5, 0.6) is 0 Å². The van der Waals surface area contributed by atoms with Gasteiger partial charge in [-0.2, -0.15) is 0 Å². The summed E-state index contributed by atoms with van der Waals surface area (Å²) >= 11 is 2.15. The molecule has 1 saturated carbocycles. The first-order valence-electron chi connectivity index (χ1n) is 7.72. The number of nitrogens with zero attached hydrogens (tertiary/aromatic N) is 2. The quantitative estimate of drug-likeness (QED) is 0.841. The second kappa shape index (κ2) is 5.74. The molecule has 0 aromatic carbocycles. The Morgan fingerprint density at radius 2 is 1.95 bits per heavy atom. The minimum absolute atomic E-state index is 0.563. The summed E-state index contributed by atoms with van der Waals surface area (Å²) in [6.45, 7) is 0. The molecular weight excluding hydrogens is 266 g/mol. The summed E-state index contributed by atoms with van der Waals surface area (Å²) in [5.41, 5.74) is 1.40. The van der Waals surface area contributed by atoms with Gasteiger partial charge < -0.3 is 15.1 Å². The van der Waals surface area contributed by atoms with E-state index in [2.05, 4.69) is 67.2 Å². The molecule has 1 heterocycles. The van der Waals surface area contributed by atoms with Gasteiger partial charge >= 0.3 is 0 Å². The monoisotopic (exact) mass is 293 g/mol. The molecule has 0 bridgehead atoms. The van der Waals surface area contributed by atoms with E-state index in [9.17, 15) is 0 Å². The zero-order valence-electron chi connectivity index (χ0n) is 13.1. The maximum absolute atomic E-state index is 3.81. The van der Waals surface area contributed by atoms with Crippen molar-refractivity contribution in [2.45, 2.75) is 49.1 Å². The van der Waals surface area contributed by atoms with Crippen molar-refractivity contribution in [2.24, 2.45) is 0 Å². The molecular formula is C16H27N3S. The van der Waals surface area contributed by atoms with Crippen molar-refractivity contribution in [1.29, 1.82) is 0 Å². The first-order valence-corrected chi connectivity index (χ1v) is 8.60. The zero-order valence-corrected chi connectivity index (χ0v) is 13.9. The standard InChI is InChI=1S/C16H27N3S/c1-18(2)11-5-7-13-15(9-11)20-16-10-12(19(3)4)6-8-14(16)17-13/h5,7,11-12,14,16-17H,6,8-10H2,1-4H3. The van der Waals surface area contributed by atoms with Crippen molar-refractivity contribution in [2.75, 3.05) is 28.2 Å². The van der Waals surface area contributed by atoms with Crippen LogP contribution < -0.4 is 5.32 Å². The van der Waals surface area contributed by atoms with Gasteiger partial charge in [-0.1, -0.05) is 6.08 Å². The number of hydrogen-bond acceptors (Lipinski definition) is 4. The Balaban J connectivity index is 1.71. The molecule has 4 heteroatoms. The minimum atomic E-state index is 0.563. The van der Waals surface area contributed by atoms with E-state index < -0.39 is 0 Å². The summed E-state index contributed by atoms with van der Waals surface area (Å²) in [5.74, 6) is 0. The molecule has 3 rings (SSSR count). The van der Waals surface area contributed by atoms with Gasteiger partial charge in [0.05, 0.1) is 0 Å². The highest BCUT2D eigenvalue weighted by Crippen LogP contribution is 2.43. The molecule has 1 aliphatic heterocycles. The lowest BCUT2D eigenvalue weighted by molar-refractivity contribution is 0.212. The molecule has 4 atom stereocenters. The maximum atomic E-state index is 3.81. The predicted molar refractivity (Wildman–Crippen MR) is 87.9 cm³/mol. The van der Waals surface area contributed by atoms with Crippen LogP contribution in [-0.4, -0.2) is 61.4 Å². The van der Waals surface area contributed by atoms with E-state index in [1.165, 1.54) is 31.4 Å². The first kappa shape index (κ1) is 14.5.